The maximum absolute atomic E-state index is 14.1. The van der Waals surface area contributed by atoms with Gasteiger partial charge in [0, 0.05) is 5.56 Å². The molecular weight excluding hydrogens is 243 g/mol. The third-order valence-corrected chi connectivity index (χ3v) is 2.79. The van der Waals surface area contributed by atoms with Crippen molar-refractivity contribution in [3.05, 3.63) is 53.8 Å². The largest absolute Gasteiger partial charge is 0.493 e. The van der Waals surface area contributed by atoms with E-state index in [1.54, 1.807) is 36.4 Å². The van der Waals surface area contributed by atoms with Gasteiger partial charge in [0.25, 0.3) is 0 Å². The first-order chi connectivity index (χ1) is 9.27. The van der Waals surface area contributed by atoms with E-state index in [-0.39, 0.29) is 5.82 Å². The first-order valence-electron chi connectivity index (χ1n) is 6.23. The molecule has 0 bridgehead atoms. The highest BCUT2D eigenvalue weighted by Gasteiger charge is 2.14. The van der Waals surface area contributed by atoms with Crippen LogP contribution in [0.15, 0.2) is 42.5 Å². The van der Waals surface area contributed by atoms with Crippen LogP contribution in [0.25, 0.3) is 11.1 Å². The average Bonchev–Trinajstić information content (AvgIpc) is 2.45. The van der Waals surface area contributed by atoms with E-state index in [4.69, 9.17) is 4.74 Å². The Bertz CT molecular complexity index is 579. The van der Waals surface area contributed by atoms with Gasteiger partial charge in [-0.2, -0.15) is 0 Å². The molecule has 0 aliphatic carbocycles. The van der Waals surface area contributed by atoms with Crippen molar-refractivity contribution in [2.75, 3.05) is 6.61 Å². The summed E-state index contributed by atoms with van der Waals surface area (Å²) in [6, 6.07) is 11.6. The SMILES string of the molecule is CCCOc1cccc(F)c1-c1ccccc1C=O. The van der Waals surface area contributed by atoms with Gasteiger partial charge in [-0.15, -0.1) is 0 Å². The number of rotatable bonds is 5. The summed E-state index contributed by atoms with van der Waals surface area (Å²) in [6.07, 6.45) is 1.57. The molecular formula is C16H15FO2. The molecule has 2 rings (SSSR count). The summed E-state index contributed by atoms with van der Waals surface area (Å²) in [4.78, 5) is 11.1. The van der Waals surface area contributed by atoms with E-state index >= 15 is 0 Å². The number of aldehydes is 1. The van der Waals surface area contributed by atoms with Gasteiger partial charge in [-0.3, -0.25) is 4.79 Å². The summed E-state index contributed by atoms with van der Waals surface area (Å²) in [7, 11) is 0. The van der Waals surface area contributed by atoms with Crippen molar-refractivity contribution in [3.63, 3.8) is 0 Å². The van der Waals surface area contributed by atoms with Crippen molar-refractivity contribution < 1.29 is 13.9 Å². The van der Waals surface area contributed by atoms with Crippen LogP contribution in [0.3, 0.4) is 0 Å². The van der Waals surface area contributed by atoms with Gasteiger partial charge in [0.1, 0.15) is 11.6 Å². The van der Waals surface area contributed by atoms with Crippen LogP contribution in [0.5, 0.6) is 5.75 Å². The molecule has 0 aliphatic heterocycles. The van der Waals surface area contributed by atoms with Crippen LogP contribution in [-0.2, 0) is 0 Å². The minimum Gasteiger partial charge on any atom is -0.493 e. The molecule has 2 aromatic carbocycles. The minimum absolute atomic E-state index is 0.346. The molecule has 0 N–H and O–H groups in total. The molecule has 19 heavy (non-hydrogen) atoms. The van der Waals surface area contributed by atoms with Crippen LogP contribution < -0.4 is 4.74 Å². The van der Waals surface area contributed by atoms with E-state index in [2.05, 4.69) is 0 Å². The van der Waals surface area contributed by atoms with Crippen LogP contribution in [0.4, 0.5) is 4.39 Å². The van der Waals surface area contributed by atoms with Gasteiger partial charge in [-0.05, 0) is 24.1 Å². The van der Waals surface area contributed by atoms with Crippen LogP contribution in [-0.4, -0.2) is 12.9 Å². The molecule has 0 aliphatic rings. The molecule has 0 saturated heterocycles. The van der Waals surface area contributed by atoms with Crippen molar-refractivity contribution in [1.82, 2.24) is 0 Å². The number of halogens is 1. The molecule has 2 nitrogen and oxygen atoms in total. The number of carbonyl (C=O) groups is 1. The van der Waals surface area contributed by atoms with Gasteiger partial charge in [-0.25, -0.2) is 4.39 Å². The topological polar surface area (TPSA) is 26.3 Å². The second-order valence-electron chi connectivity index (χ2n) is 4.17. The highest BCUT2D eigenvalue weighted by molar-refractivity contribution is 5.89. The van der Waals surface area contributed by atoms with Gasteiger partial charge in [0.2, 0.25) is 0 Å². The number of benzene rings is 2. The Labute approximate surface area is 111 Å². The van der Waals surface area contributed by atoms with Crippen LogP contribution in [0, 0.1) is 5.82 Å². The monoisotopic (exact) mass is 258 g/mol. The molecule has 0 saturated carbocycles. The number of carbonyl (C=O) groups excluding carboxylic acids is 1. The van der Waals surface area contributed by atoms with E-state index in [0.29, 0.717) is 29.0 Å². The first-order valence-corrected chi connectivity index (χ1v) is 6.23. The Balaban J connectivity index is 2.56. The predicted molar refractivity (Wildman–Crippen MR) is 73.0 cm³/mol. The normalized spacial score (nSPS) is 10.2. The Morgan fingerprint density at radius 1 is 1.16 bits per heavy atom. The lowest BCUT2D eigenvalue weighted by atomic mass is 9.99. The van der Waals surface area contributed by atoms with Gasteiger partial charge in [0.15, 0.2) is 6.29 Å². The lowest BCUT2D eigenvalue weighted by Gasteiger charge is -2.13. The molecule has 0 spiro atoms. The lowest BCUT2D eigenvalue weighted by molar-refractivity contribution is 0.112. The van der Waals surface area contributed by atoms with Crippen molar-refractivity contribution in [3.8, 4) is 16.9 Å². The van der Waals surface area contributed by atoms with E-state index in [1.165, 1.54) is 6.07 Å². The van der Waals surface area contributed by atoms with Crippen LogP contribution in [0.2, 0.25) is 0 Å². The van der Waals surface area contributed by atoms with Crippen molar-refractivity contribution >= 4 is 6.29 Å². The summed E-state index contributed by atoms with van der Waals surface area (Å²) in [5.41, 5.74) is 1.36. The third-order valence-electron chi connectivity index (χ3n) is 2.79. The summed E-state index contributed by atoms with van der Waals surface area (Å²) in [5, 5.41) is 0. The van der Waals surface area contributed by atoms with Crippen molar-refractivity contribution in [2.45, 2.75) is 13.3 Å². The fourth-order valence-electron chi connectivity index (χ4n) is 1.93. The zero-order valence-electron chi connectivity index (χ0n) is 10.7. The molecule has 0 heterocycles. The molecule has 0 fully saturated rings. The summed E-state index contributed by atoms with van der Waals surface area (Å²) < 4.78 is 19.6. The Hall–Kier alpha value is -2.16. The van der Waals surface area contributed by atoms with Crippen LogP contribution >= 0.6 is 0 Å². The Kier molecular flexibility index (Phi) is 4.29. The second kappa shape index (κ2) is 6.14. The summed E-state index contributed by atoms with van der Waals surface area (Å²) in [5.74, 6) is 0.0825. The molecule has 0 radical (unpaired) electrons. The first kappa shape index (κ1) is 13.3. The van der Waals surface area contributed by atoms with E-state index < -0.39 is 0 Å². The lowest BCUT2D eigenvalue weighted by Crippen LogP contribution is -1.99. The maximum atomic E-state index is 14.1. The predicted octanol–water partition coefficient (Wildman–Crippen LogP) is 4.09. The highest BCUT2D eigenvalue weighted by atomic mass is 19.1. The number of hydrogen-bond donors (Lipinski definition) is 0. The van der Waals surface area contributed by atoms with Gasteiger partial charge >= 0.3 is 0 Å². The van der Waals surface area contributed by atoms with Crippen LogP contribution in [0.1, 0.15) is 23.7 Å². The number of hydrogen-bond acceptors (Lipinski definition) is 2. The van der Waals surface area contributed by atoms with Crippen molar-refractivity contribution in [2.24, 2.45) is 0 Å². The maximum Gasteiger partial charge on any atom is 0.150 e. The van der Waals surface area contributed by atoms with Gasteiger partial charge in [-0.1, -0.05) is 37.3 Å². The Morgan fingerprint density at radius 2 is 1.95 bits per heavy atom. The molecule has 2 aromatic rings. The molecule has 0 atom stereocenters. The standard InChI is InChI=1S/C16H15FO2/c1-2-10-19-15-9-5-8-14(17)16(15)13-7-4-3-6-12(13)11-18/h3-9,11H,2,10H2,1H3. The van der Waals surface area contributed by atoms with Crippen molar-refractivity contribution in [1.29, 1.82) is 0 Å². The number of ether oxygens (including phenoxy) is 1. The second-order valence-corrected chi connectivity index (χ2v) is 4.17. The molecule has 98 valence electrons. The highest BCUT2D eigenvalue weighted by Crippen LogP contribution is 2.34. The molecule has 0 aromatic heterocycles. The van der Waals surface area contributed by atoms with Gasteiger partial charge < -0.3 is 4.74 Å². The third kappa shape index (κ3) is 2.81. The quantitative estimate of drug-likeness (QED) is 0.755. The van der Waals surface area contributed by atoms with E-state index in [9.17, 15) is 9.18 Å². The summed E-state index contributed by atoms with van der Waals surface area (Å²) in [6.45, 7) is 2.50. The van der Waals surface area contributed by atoms with E-state index in [1.807, 2.05) is 6.92 Å². The summed E-state index contributed by atoms with van der Waals surface area (Å²) >= 11 is 0. The average molecular weight is 258 g/mol. The fraction of sp³-hybridized carbons (Fsp3) is 0.188. The minimum atomic E-state index is -0.386. The molecule has 3 heteroatoms. The fourth-order valence-corrected chi connectivity index (χ4v) is 1.93. The molecule has 0 amide bonds. The Morgan fingerprint density at radius 3 is 2.68 bits per heavy atom. The zero-order valence-corrected chi connectivity index (χ0v) is 10.7. The van der Waals surface area contributed by atoms with E-state index in [0.717, 1.165) is 12.7 Å². The smallest absolute Gasteiger partial charge is 0.150 e. The molecule has 0 unspecified atom stereocenters. The zero-order chi connectivity index (χ0) is 13.7. The van der Waals surface area contributed by atoms with Gasteiger partial charge in [0.05, 0.1) is 12.2 Å².